The zero-order chi connectivity index (χ0) is 19.3. The summed E-state index contributed by atoms with van der Waals surface area (Å²) < 4.78 is 4.41. The zero-order valence-corrected chi connectivity index (χ0v) is 21.1. The SMILES string of the molecule is CCc1nsc(N2CCN(C(=NC)NCCN3CCc4sccc4C3)CC2)n1.I. The molecule has 1 fully saturated rings. The van der Waals surface area contributed by atoms with Crippen molar-refractivity contribution in [2.45, 2.75) is 26.3 Å². The van der Waals surface area contributed by atoms with E-state index in [2.05, 4.69) is 52.7 Å². The van der Waals surface area contributed by atoms with Crippen LogP contribution < -0.4 is 10.2 Å². The van der Waals surface area contributed by atoms with Crippen LogP contribution in [0.15, 0.2) is 16.4 Å². The maximum Gasteiger partial charge on any atom is 0.205 e. The molecule has 29 heavy (non-hydrogen) atoms. The van der Waals surface area contributed by atoms with Crippen LogP contribution in [0.25, 0.3) is 0 Å². The van der Waals surface area contributed by atoms with E-state index < -0.39 is 0 Å². The molecule has 1 N–H and O–H groups in total. The van der Waals surface area contributed by atoms with Crippen LogP contribution >= 0.6 is 46.8 Å². The number of thiophene rings is 1. The first-order chi connectivity index (χ1) is 13.8. The second-order valence-electron chi connectivity index (χ2n) is 7.19. The first-order valence-corrected chi connectivity index (χ1v) is 11.7. The topological polar surface area (TPSA) is 59.9 Å². The Hall–Kier alpha value is -0.980. The zero-order valence-electron chi connectivity index (χ0n) is 17.1. The van der Waals surface area contributed by atoms with Gasteiger partial charge in [0.15, 0.2) is 5.96 Å². The smallest absolute Gasteiger partial charge is 0.205 e. The number of nitrogens with one attached hydrogen (secondary N) is 1. The summed E-state index contributed by atoms with van der Waals surface area (Å²) in [5.41, 5.74) is 1.51. The fraction of sp³-hybridized carbons (Fsp3) is 0.632. The summed E-state index contributed by atoms with van der Waals surface area (Å²) >= 11 is 3.42. The van der Waals surface area contributed by atoms with E-state index >= 15 is 0 Å². The number of guanidine groups is 1. The summed E-state index contributed by atoms with van der Waals surface area (Å²) in [6, 6.07) is 2.28. The molecule has 0 aliphatic carbocycles. The Labute approximate surface area is 198 Å². The molecular formula is C19H30IN7S2. The van der Waals surface area contributed by atoms with Gasteiger partial charge >= 0.3 is 0 Å². The lowest BCUT2D eigenvalue weighted by Crippen LogP contribution is -2.53. The van der Waals surface area contributed by atoms with Gasteiger partial charge in [0.25, 0.3) is 0 Å². The van der Waals surface area contributed by atoms with Gasteiger partial charge in [0.05, 0.1) is 0 Å². The van der Waals surface area contributed by atoms with Crippen molar-refractivity contribution in [3.63, 3.8) is 0 Å². The van der Waals surface area contributed by atoms with Crippen molar-refractivity contribution in [1.29, 1.82) is 0 Å². The number of anilines is 1. The van der Waals surface area contributed by atoms with Crippen molar-refractivity contribution in [2.75, 3.05) is 57.8 Å². The van der Waals surface area contributed by atoms with Crippen molar-refractivity contribution in [3.8, 4) is 0 Å². The molecule has 0 bridgehead atoms. The molecular weight excluding hydrogens is 517 g/mol. The lowest BCUT2D eigenvalue weighted by Gasteiger charge is -2.36. The predicted octanol–water partition coefficient (Wildman–Crippen LogP) is 2.54. The molecule has 1 saturated heterocycles. The number of aromatic nitrogens is 2. The minimum absolute atomic E-state index is 0. The summed E-state index contributed by atoms with van der Waals surface area (Å²) in [4.78, 5) is 17.9. The van der Waals surface area contributed by atoms with E-state index in [0.29, 0.717) is 0 Å². The summed E-state index contributed by atoms with van der Waals surface area (Å²) in [6.07, 6.45) is 2.09. The highest BCUT2D eigenvalue weighted by Crippen LogP contribution is 2.23. The molecule has 160 valence electrons. The third-order valence-corrected chi connectivity index (χ3v) is 7.27. The number of nitrogens with zero attached hydrogens (tertiary/aromatic N) is 6. The second kappa shape index (κ2) is 10.9. The van der Waals surface area contributed by atoms with E-state index in [9.17, 15) is 0 Å². The molecule has 0 atom stereocenters. The lowest BCUT2D eigenvalue weighted by atomic mass is 10.1. The molecule has 2 aromatic heterocycles. The van der Waals surface area contributed by atoms with E-state index in [1.54, 1.807) is 4.88 Å². The van der Waals surface area contributed by atoms with Gasteiger partial charge < -0.3 is 15.1 Å². The standard InChI is InChI=1S/C19H29N7S2.HI/c1-3-17-22-19(28-23-17)26-11-9-25(10-12-26)18(20-2)21-6-8-24-7-4-16-15(14-24)5-13-27-16;/h5,13H,3-4,6-12,14H2,1-2H3,(H,20,21);1H. The quantitative estimate of drug-likeness (QED) is 0.353. The molecule has 10 heteroatoms. The number of aliphatic imine (C=N–C) groups is 1. The van der Waals surface area contributed by atoms with Crippen LogP contribution in [-0.4, -0.2) is 78.0 Å². The van der Waals surface area contributed by atoms with E-state index in [1.807, 2.05) is 18.4 Å². The Morgan fingerprint density at radius 2 is 2.07 bits per heavy atom. The molecule has 0 aromatic carbocycles. The van der Waals surface area contributed by atoms with Crippen molar-refractivity contribution in [1.82, 2.24) is 24.5 Å². The number of aryl methyl sites for hydroxylation is 1. The average Bonchev–Trinajstić information content (AvgIpc) is 3.40. The fourth-order valence-corrected chi connectivity index (χ4v) is 5.47. The van der Waals surface area contributed by atoms with Crippen molar-refractivity contribution >= 4 is 57.9 Å². The van der Waals surface area contributed by atoms with Gasteiger partial charge in [-0.25, -0.2) is 4.98 Å². The fourth-order valence-electron chi connectivity index (χ4n) is 3.78. The minimum Gasteiger partial charge on any atom is -0.355 e. The molecule has 2 aliphatic heterocycles. The van der Waals surface area contributed by atoms with Gasteiger partial charge in [-0.3, -0.25) is 9.89 Å². The summed E-state index contributed by atoms with van der Waals surface area (Å²) in [7, 11) is 1.88. The molecule has 0 amide bonds. The number of fused-ring (bicyclic) bond motifs is 1. The van der Waals surface area contributed by atoms with E-state index in [1.165, 1.54) is 23.5 Å². The van der Waals surface area contributed by atoms with E-state index in [4.69, 9.17) is 0 Å². The number of halogens is 1. The van der Waals surface area contributed by atoms with Crippen LogP contribution in [0.1, 0.15) is 23.2 Å². The Bertz CT molecular complexity index is 798. The van der Waals surface area contributed by atoms with Crippen LogP contribution in [-0.2, 0) is 19.4 Å². The molecule has 0 saturated carbocycles. The number of piperazine rings is 1. The first kappa shape index (κ1) is 22.7. The number of rotatable bonds is 5. The second-order valence-corrected chi connectivity index (χ2v) is 8.92. The Kier molecular flexibility index (Phi) is 8.51. The molecule has 0 radical (unpaired) electrons. The predicted molar refractivity (Wildman–Crippen MR) is 133 cm³/mol. The van der Waals surface area contributed by atoms with Gasteiger partial charge in [-0.1, -0.05) is 6.92 Å². The monoisotopic (exact) mass is 547 g/mol. The summed E-state index contributed by atoms with van der Waals surface area (Å²) in [6.45, 7) is 10.2. The van der Waals surface area contributed by atoms with Gasteiger partial charge in [0, 0.05) is 82.2 Å². The minimum atomic E-state index is 0. The average molecular weight is 548 g/mol. The van der Waals surface area contributed by atoms with Crippen LogP contribution in [0.3, 0.4) is 0 Å². The summed E-state index contributed by atoms with van der Waals surface area (Å²) in [5.74, 6) is 1.96. The van der Waals surface area contributed by atoms with Crippen molar-refractivity contribution < 1.29 is 0 Å². The number of hydrogen-bond donors (Lipinski definition) is 1. The highest BCUT2D eigenvalue weighted by atomic mass is 127. The molecule has 7 nitrogen and oxygen atoms in total. The van der Waals surface area contributed by atoms with Crippen LogP contribution in [0.5, 0.6) is 0 Å². The van der Waals surface area contributed by atoms with Gasteiger partial charge in [-0.2, -0.15) is 4.37 Å². The Morgan fingerprint density at radius 1 is 1.24 bits per heavy atom. The third kappa shape index (κ3) is 5.59. The van der Waals surface area contributed by atoms with Gasteiger partial charge in [-0.15, -0.1) is 35.3 Å². The van der Waals surface area contributed by atoms with Crippen LogP contribution in [0.4, 0.5) is 5.13 Å². The number of hydrogen-bond acceptors (Lipinski definition) is 7. The molecule has 4 heterocycles. The van der Waals surface area contributed by atoms with Crippen molar-refractivity contribution in [3.05, 3.63) is 27.7 Å². The van der Waals surface area contributed by atoms with Gasteiger partial charge in [-0.05, 0) is 23.4 Å². The molecule has 4 rings (SSSR count). The van der Waals surface area contributed by atoms with Gasteiger partial charge in [0.2, 0.25) is 5.13 Å². The molecule has 2 aliphatic rings. The van der Waals surface area contributed by atoms with Gasteiger partial charge in [0.1, 0.15) is 5.82 Å². The largest absolute Gasteiger partial charge is 0.355 e. The van der Waals surface area contributed by atoms with Crippen LogP contribution in [0, 0.1) is 0 Å². The lowest BCUT2D eigenvalue weighted by molar-refractivity contribution is 0.258. The molecule has 0 spiro atoms. The maximum absolute atomic E-state index is 4.62. The van der Waals surface area contributed by atoms with E-state index in [0.717, 1.165) is 75.7 Å². The third-order valence-electron chi connectivity index (χ3n) is 5.43. The summed E-state index contributed by atoms with van der Waals surface area (Å²) in [5, 5.41) is 6.84. The van der Waals surface area contributed by atoms with E-state index in [-0.39, 0.29) is 24.0 Å². The Morgan fingerprint density at radius 3 is 2.79 bits per heavy atom. The highest BCUT2D eigenvalue weighted by Gasteiger charge is 2.22. The first-order valence-electron chi connectivity index (χ1n) is 10.1. The maximum atomic E-state index is 4.62. The molecule has 2 aromatic rings. The molecule has 0 unspecified atom stereocenters. The van der Waals surface area contributed by atoms with Crippen LogP contribution in [0.2, 0.25) is 0 Å². The highest BCUT2D eigenvalue weighted by molar-refractivity contribution is 14.0. The normalized spacial score (nSPS) is 17.8. The Balaban J connectivity index is 0.00000240. The van der Waals surface area contributed by atoms with Crippen molar-refractivity contribution in [2.24, 2.45) is 4.99 Å².